The molecule has 1 unspecified atom stereocenters. The molecule has 0 saturated carbocycles. The Kier molecular flexibility index (Phi) is 2.40. The lowest BCUT2D eigenvalue weighted by molar-refractivity contribution is 0.556. The van der Waals surface area contributed by atoms with E-state index in [1.165, 1.54) is 5.69 Å². The Hall–Kier alpha value is -1.75. The van der Waals surface area contributed by atoms with Crippen LogP contribution in [0.1, 0.15) is 35.8 Å². The van der Waals surface area contributed by atoms with E-state index in [0.29, 0.717) is 0 Å². The van der Waals surface area contributed by atoms with Gasteiger partial charge in [0.15, 0.2) is 5.82 Å². The molecule has 0 spiro atoms. The molecule has 2 N–H and O–H groups in total. The van der Waals surface area contributed by atoms with E-state index in [1.54, 1.807) is 0 Å². The smallest absolute Gasteiger partial charge is 0.175 e. The van der Waals surface area contributed by atoms with E-state index in [0.717, 1.165) is 36.3 Å². The van der Waals surface area contributed by atoms with Gasteiger partial charge in [-0.1, -0.05) is 0 Å². The molecule has 0 aromatic carbocycles. The Bertz CT molecular complexity index is 528. The SMILES string of the molecule is Cc1ccc(-n2ncc3c2CCCC3N)nn1. The van der Waals surface area contributed by atoms with Crippen LogP contribution < -0.4 is 5.73 Å². The molecule has 0 amide bonds. The summed E-state index contributed by atoms with van der Waals surface area (Å²) in [5, 5.41) is 12.6. The number of hydrogen-bond donors (Lipinski definition) is 1. The van der Waals surface area contributed by atoms with Crippen LogP contribution in [0.4, 0.5) is 0 Å². The Morgan fingerprint density at radius 1 is 1.35 bits per heavy atom. The second-order valence-corrected chi connectivity index (χ2v) is 4.49. The summed E-state index contributed by atoms with van der Waals surface area (Å²) in [6.07, 6.45) is 5.02. The molecule has 0 saturated heterocycles. The largest absolute Gasteiger partial charge is 0.324 e. The van der Waals surface area contributed by atoms with Crippen LogP contribution in [0.2, 0.25) is 0 Å². The topological polar surface area (TPSA) is 69.6 Å². The summed E-state index contributed by atoms with van der Waals surface area (Å²) in [5.41, 5.74) is 9.32. The first kappa shape index (κ1) is 10.4. The van der Waals surface area contributed by atoms with Crippen LogP contribution in [0.15, 0.2) is 18.3 Å². The first-order valence-electron chi connectivity index (χ1n) is 5.89. The number of aryl methyl sites for hydroxylation is 1. The van der Waals surface area contributed by atoms with E-state index in [9.17, 15) is 0 Å². The van der Waals surface area contributed by atoms with Crippen molar-refractivity contribution in [3.8, 4) is 5.82 Å². The Labute approximate surface area is 99.7 Å². The van der Waals surface area contributed by atoms with Gasteiger partial charge in [0.1, 0.15) is 0 Å². The van der Waals surface area contributed by atoms with Gasteiger partial charge in [-0.15, -0.1) is 5.10 Å². The zero-order valence-electron chi connectivity index (χ0n) is 9.80. The third-order valence-corrected chi connectivity index (χ3v) is 3.23. The number of aromatic nitrogens is 4. The molecule has 0 bridgehead atoms. The molecule has 1 aliphatic rings. The van der Waals surface area contributed by atoms with Crippen molar-refractivity contribution in [3.05, 3.63) is 35.3 Å². The molecule has 3 rings (SSSR count). The molecule has 5 heteroatoms. The van der Waals surface area contributed by atoms with Crippen molar-refractivity contribution < 1.29 is 0 Å². The normalized spacial score (nSPS) is 19.1. The summed E-state index contributed by atoms with van der Waals surface area (Å²) in [5.74, 6) is 0.769. The lowest BCUT2D eigenvalue weighted by Crippen LogP contribution is -2.18. The van der Waals surface area contributed by atoms with E-state index < -0.39 is 0 Å². The molecule has 5 nitrogen and oxygen atoms in total. The second-order valence-electron chi connectivity index (χ2n) is 4.49. The number of nitrogens with zero attached hydrogens (tertiary/aromatic N) is 4. The lowest BCUT2D eigenvalue weighted by Gasteiger charge is -2.18. The van der Waals surface area contributed by atoms with Gasteiger partial charge in [0.05, 0.1) is 17.6 Å². The zero-order chi connectivity index (χ0) is 11.8. The Morgan fingerprint density at radius 3 is 3.00 bits per heavy atom. The Balaban J connectivity index is 2.07. The molecule has 2 aromatic rings. The van der Waals surface area contributed by atoms with Crippen LogP contribution in [-0.2, 0) is 6.42 Å². The van der Waals surface area contributed by atoms with E-state index in [4.69, 9.17) is 5.73 Å². The highest BCUT2D eigenvalue weighted by molar-refractivity contribution is 5.32. The van der Waals surface area contributed by atoms with Crippen molar-refractivity contribution >= 4 is 0 Å². The minimum Gasteiger partial charge on any atom is -0.324 e. The first-order chi connectivity index (χ1) is 8.25. The summed E-state index contributed by atoms with van der Waals surface area (Å²) in [4.78, 5) is 0. The van der Waals surface area contributed by atoms with Gasteiger partial charge in [0.25, 0.3) is 0 Å². The van der Waals surface area contributed by atoms with Crippen LogP contribution in [0, 0.1) is 6.92 Å². The van der Waals surface area contributed by atoms with Gasteiger partial charge >= 0.3 is 0 Å². The van der Waals surface area contributed by atoms with Gasteiger partial charge in [0, 0.05) is 11.6 Å². The number of fused-ring (bicyclic) bond motifs is 1. The molecule has 0 fully saturated rings. The summed E-state index contributed by atoms with van der Waals surface area (Å²) in [6.45, 7) is 1.92. The van der Waals surface area contributed by atoms with E-state index in [-0.39, 0.29) is 6.04 Å². The van der Waals surface area contributed by atoms with E-state index in [2.05, 4.69) is 15.3 Å². The summed E-state index contributed by atoms with van der Waals surface area (Å²) < 4.78 is 1.86. The van der Waals surface area contributed by atoms with Crippen LogP contribution in [0.25, 0.3) is 5.82 Å². The lowest BCUT2D eigenvalue weighted by atomic mass is 9.94. The minimum absolute atomic E-state index is 0.117. The second kappa shape index (κ2) is 3.92. The predicted octanol–water partition coefficient (Wildman–Crippen LogP) is 1.31. The van der Waals surface area contributed by atoms with Crippen molar-refractivity contribution in [1.29, 1.82) is 0 Å². The summed E-state index contributed by atoms with van der Waals surface area (Å²) in [6, 6.07) is 4.00. The molecule has 2 heterocycles. The van der Waals surface area contributed by atoms with Crippen LogP contribution >= 0.6 is 0 Å². The number of nitrogens with two attached hydrogens (primary N) is 1. The molecule has 1 atom stereocenters. The van der Waals surface area contributed by atoms with Gasteiger partial charge in [0.2, 0.25) is 0 Å². The average Bonchev–Trinajstić information content (AvgIpc) is 2.75. The van der Waals surface area contributed by atoms with Crippen molar-refractivity contribution in [2.45, 2.75) is 32.2 Å². The van der Waals surface area contributed by atoms with Crippen LogP contribution in [0.3, 0.4) is 0 Å². The van der Waals surface area contributed by atoms with Gasteiger partial charge in [-0.05, 0) is 38.3 Å². The fourth-order valence-corrected chi connectivity index (χ4v) is 2.29. The fourth-order valence-electron chi connectivity index (χ4n) is 2.29. The first-order valence-corrected chi connectivity index (χ1v) is 5.89. The molecule has 88 valence electrons. The van der Waals surface area contributed by atoms with Gasteiger partial charge in [-0.2, -0.15) is 10.2 Å². The van der Waals surface area contributed by atoms with Gasteiger partial charge in [-0.3, -0.25) is 0 Å². The van der Waals surface area contributed by atoms with Gasteiger partial charge < -0.3 is 5.73 Å². The third kappa shape index (κ3) is 1.72. The molecule has 17 heavy (non-hydrogen) atoms. The molecule has 2 aromatic heterocycles. The van der Waals surface area contributed by atoms with Crippen molar-refractivity contribution in [3.63, 3.8) is 0 Å². The molecular weight excluding hydrogens is 214 g/mol. The van der Waals surface area contributed by atoms with Crippen LogP contribution in [-0.4, -0.2) is 20.0 Å². The average molecular weight is 229 g/mol. The number of hydrogen-bond acceptors (Lipinski definition) is 4. The molecule has 1 aliphatic carbocycles. The standard InChI is InChI=1S/C12H15N5/c1-8-5-6-12(16-15-8)17-11-4-2-3-10(13)9(11)7-14-17/h5-7,10H,2-4,13H2,1H3. The fraction of sp³-hybridized carbons (Fsp3) is 0.417. The maximum atomic E-state index is 6.07. The summed E-state index contributed by atoms with van der Waals surface area (Å²) >= 11 is 0. The summed E-state index contributed by atoms with van der Waals surface area (Å²) in [7, 11) is 0. The van der Waals surface area contributed by atoms with Crippen molar-refractivity contribution in [1.82, 2.24) is 20.0 Å². The van der Waals surface area contributed by atoms with Crippen LogP contribution in [0.5, 0.6) is 0 Å². The third-order valence-electron chi connectivity index (χ3n) is 3.23. The highest BCUT2D eigenvalue weighted by Gasteiger charge is 2.22. The van der Waals surface area contributed by atoms with Crippen molar-refractivity contribution in [2.24, 2.45) is 5.73 Å². The Morgan fingerprint density at radius 2 is 2.24 bits per heavy atom. The van der Waals surface area contributed by atoms with Crippen molar-refractivity contribution in [2.75, 3.05) is 0 Å². The molecule has 0 radical (unpaired) electrons. The maximum absolute atomic E-state index is 6.07. The van der Waals surface area contributed by atoms with E-state index >= 15 is 0 Å². The maximum Gasteiger partial charge on any atom is 0.175 e. The highest BCUT2D eigenvalue weighted by atomic mass is 15.3. The number of rotatable bonds is 1. The highest BCUT2D eigenvalue weighted by Crippen LogP contribution is 2.28. The molecular formula is C12H15N5. The predicted molar refractivity (Wildman–Crippen MR) is 63.8 cm³/mol. The molecule has 0 aliphatic heterocycles. The quantitative estimate of drug-likeness (QED) is 0.800. The minimum atomic E-state index is 0.117. The van der Waals surface area contributed by atoms with Gasteiger partial charge in [-0.25, -0.2) is 4.68 Å². The zero-order valence-corrected chi connectivity index (χ0v) is 9.80. The monoisotopic (exact) mass is 229 g/mol. The van der Waals surface area contributed by atoms with E-state index in [1.807, 2.05) is 29.9 Å².